The van der Waals surface area contributed by atoms with Crippen LogP contribution in [-0.4, -0.2) is 23.6 Å². The molecule has 0 aliphatic rings. The fraction of sp³-hybridized carbons (Fsp3) is 0.385. The molecule has 0 aliphatic heterocycles. The van der Waals surface area contributed by atoms with Gasteiger partial charge in [0.25, 0.3) is 0 Å². The van der Waals surface area contributed by atoms with Gasteiger partial charge in [-0.25, -0.2) is 0 Å². The Kier molecular flexibility index (Phi) is 4.69. The number of rotatable bonds is 4. The molecule has 0 heterocycles. The second kappa shape index (κ2) is 5.86. The lowest BCUT2D eigenvalue weighted by atomic mass is 10.1. The Hall–Kier alpha value is -1.85. The fourth-order valence-electron chi connectivity index (χ4n) is 1.51. The molecular formula is C13H14F3NO2. The number of ketones is 1. The first-order chi connectivity index (χ1) is 8.70. The molecule has 3 nitrogen and oxygen atoms in total. The van der Waals surface area contributed by atoms with Gasteiger partial charge >= 0.3 is 6.18 Å². The van der Waals surface area contributed by atoms with Crippen molar-refractivity contribution in [2.24, 2.45) is 0 Å². The maximum absolute atomic E-state index is 12.4. The van der Waals surface area contributed by atoms with Gasteiger partial charge in [0.1, 0.15) is 5.78 Å². The summed E-state index contributed by atoms with van der Waals surface area (Å²) < 4.78 is 37.1. The Balaban J connectivity index is 2.68. The fourth-order valence-corrected chi connectivity index (χ4v) is 1.51. The first-order valence-electron chi connectivity index (χ1n) is 5.59. The first-order valence-corrected chi connectivity index (χ1v) is 5.59. The minimum absolute atomic E-state index is 0.171. The maximum atomic E-state index is 12.4. The van der Waals surface area contributed by atoms with Crippen LogP contribution in [-0.2, 0) is 22.3 Å². The van der Waals surface area contributed by atoms with Crippen molar-refractivity contribution in [2.45, 2.75) is 26.1 Å². The van der Waals surface area contributed by atoms with Gasteiger partial charge in [-0.3, -0.25) is 9.59 Å². The molecule has 0 atom stereocenters. The zero-order valence-electron chi connectivity index (χ0n) is 10.6. The van der Waals surface area contributed by atoms with Crippen molar-refractivity contribution in [3.05, 3.63) is 35.4 Å². The van der Waals surface area contributed by atoms with Crippen molar-refractivity contribution in [3.63, 3.8) is 0 Å². The topological polar surface area (TPSA) is 37.4 Å². The number of amides is 1. The van der Waals surface area contributed by atoms with Crippen molar-refractivity contribution in [1.82, 2.24) is 4.90 Å². The van der Waals surface area contributed by atoms with Crippen molar-refractivity contribution >= 4 is 11.7 Å². The van der Waals surface area contributed by atoms with Crippen LogP contribution in [0.2, 0.25) is 0 Å². The van der Waals surface area contributed by atoms with Gasteiger partial charge < -0.3 is 4.90 Å². The molecule has 0 unspecified atom stereocenters. The number of carbonyl (C=O) groups is 2. The van der Waals surface area contributed by atoms with Crippen LogP contribution in [0.25, 0.3) is 0 Å². The molecule has 1 aromatic rings. The van der Waals surface area contributed by atoms with E-state index >= 15 is 0 Å². The molecule has 0 N–H and O–H groups in total. The molecule has 1 aromatic carbocycles. The highest BCUT2D eigenvalue weighted by Crippen LogP contribution is 2.29. The second-order valence-electron chi connectivity index (χ2n) is 4.32. The Bertz CT molecular complexity index is 466. The molecule has 0 saturated heterocycles. The standard InChI is InChI=1S/C13H14F3NO2/c1-9(18)7-12(19)17(2)8-10-3-5-11(6-4-10)13(14,15)16/h3-6H,7-8H2,1-2H3. The van der Waals surface area contributed by atoms with Gasteiger partial charge in [-0.2, -0.15) is 13.2 Å². The smallest absolute Gasteiger partial charge is 0.341 e. The van der Waals surface area contributed by atoms with Crippen molar-refractivity contribution in [3.8, 4) is 0 Å². The Morgan fingerprint density at radius 3 is 2.11 bits per heavy atom. The molecule has 0 aliphatic carbocycles. The Labute approximate surface area is 109 Å². The van der Waals surface area contributed by atoms with Gasteiger partial charge in [0.05, 0.1) is 12.0 Å². The predicted octanol–water partition coefficient (Wildman–Crippen LogP) is 2.64. The van der Waals surface area contributed by atoms with Crippen LogP contribution in [0.3, 0.4) is 0 Å². The molecule has 1 rings (SSSR count). The summed E-state index contributed by atoms with van der Waals surface area (Å²) in [6.45, 7) is 1.48. The Morgan fingerprint density at radius 2 is 1.68 bits per heavy atom. The van der Waals surface area contributed by atoms with E-state index in [1.807, 2.05) is 0 Å². The zero-order valence-corrected chi connectivity index (χ0v) is 10.6. The number of hydrogen-bond donors (Lipinski definition) is 0. The van der Waals surface area contributed by atoms with Crippen LogP contribution in [0.4, 0.5) is 13.2 Å². The third-order valence-corrected chi connectivity index (χ3v) is 2.53. The lowest BCUT2D eigenvalue weighted by Gasteiger charge is -2.17. The molecule has 0 aromatic heterocycles. The van der Waals surface area contributed by atoms with E-state index in [2.05, 4.69) is 0 Å². The summed E-state index contributed by atoms with van der Waals surface area (Å²) in [5.74, 6) is -0.600. The molecule has 0 saturated carbocycles. The highest BCUT2D eigenvalue weighted by molar-refractivity contribution is 5.96. The van der Waals surface area contributed by atoms with Crippen LogP contribution in [0.5, 0.6) is 0 Å². The molecular weight excluding hydrogens is 259 g/mol. The minimum atomic E-state index is -4.37. The Morgan fingerprint density at radius 1 is 1.16 bits per heavy atom. The minimum Gasteiger partial charge on any atom is -0.341 e. The van der Waals surface area contributed by atoms with E-state index in [1.54, 1.807) is 0 Å². The molecule has 6 heteroatoms. The van der Waals surface area contributed by atoms with E-state index in [0.29, 0.717) is 5.56 Å². The van der Waals surface area contributed by atoms with Gasteiger partial charge in [-0.05, 0) is 24.6 Å². The van der Waals surface area contributed by atoms with E-state index in [9.17, 15) is 22.8 Å². The number of nitrogens with zero attached hydrogens (tertiary/aromatic N) is 1. The predicted molar refractivity (Wildman–Crippen MR) is 63.2 cm³/mol. The largest absolute Gasteiger partial charge is 0.416 e. The van der Waals surface area contributed by atoms with Crippen molar-refractivity contribution in [2.75, 3.05) is 7.05 Å². The van der Waals surface area contributed by atoms with Gasteiger partial charge in [0.2, 0.25) is 5.91 Å². The second-order valence-corrected chi connectivity index (χ2v) is 4.32. The van der Waals surface area contributed by atoms with E-state index in [4.69, 9.17) is 0 Å². The maximum Gasteiger partial charge on any atom is 0.416 e. The summed E-state index contributed by atoms with van der Waals surface area (Å²) in [4.78, 5) is 23.6. The lowest BCUT2D eigenvalue weighted by Crippen LogP contribution is -2.27. The number of hydrogen-bond acceptors (Lipinski definition) is 2. The van der Waals surface area contributed by atoms with E-state index in [1.165, 1.54) is 31.0 Å². The SMILES string of the molecule is CC(=O)CC(=O)N(C)Cc1ccc(C(F)(F)F)cc1. The quantitative estimate of drug-likeness (QED) is 0.791. The summed E-state index contributed by atoms with van der Waals surface area (Å²) in [7, 11) is 1.50. The molecule has 19 heavy (non-hydrogen) atoms. The summed E-state index contributed by atoms with van der Waals surface area (Å²) in [6.07, 6.45) is -4.56. The monoisotopic (exact) mass is 273 g/mol. The van der Waals surface area contributed by atoms with Gasteiger partial charge in [-0.1, -0.05) is 12.1 Å². The normalized spacial score (nSPS) is 11.2. The van der Waals surface area contributed by atoms with Crippen LogP contribution in [0.15, 0.2) is 24.3 Å². The van der Waals surface area contributed by atoms with Crippen molar-refractivity contribution < 1.29 is 22.8 Å². The average Bonchev–Trinajstić information content (AvgIpc) is 2.27. The molecule has 0 bridgehead atoms. The molecule has 0 radical (unpaired) electrons. The number of Topliss-reactive ketones (excluding diaryl/α,β-unsaturated/α-hetero) is 1. The van der Waals surface area contributed by atoms with Crippen LogP contribution in [0.1, 0.15) is 24.5 Å². The van der Waals surface area contributed by atoms with Crippen LogP contribution < -0.4 is 0 Å². The van der Waals surface area contributed by atoms with Gasteiger partial charge in [0, 0.05) is 13.6 Å². The third-order valence-electron chi connectivity index (χ3n) is 2.53. The molecule has 1 amide bonds. The number of carbonyl (C=O) groups excluding carboxylic acids is 2. The van der Waals surface area contributed by atoms with Crippen LogP contribution in [0, 0.1) is 0 Å². The number of halogens is 3. The average molecular weight is 273 g/mol. The van der Waals surface area contributed by atoms with E-state index in [0.717, 1.165) is 12.1 Å². The lowest BCUT2D eigenvalue weighted by molar-refractivity contribution is -0.138. The zero-order chi connectivity index (χ0) is 14.6. The molecule has 104 valence electrons. The van der Waals surface area contributed by atoms with E-state index < -0.39 is 11.7 Å². The van der Waals surface area contributed by atoms with Gasteiger partial charge in [-0.15, -0.1) is 0 Å². The third kappa shape index (κ3) is 4.73. The van der Waals surface area contributed by atoms with Gasteiger partial charge in [0.15, 0.2) is 0 Å². The first kappa shape index (κ1) is 15.2. The summed E-state index contributed by atoms with van der Waals surface area (Å²) in [6, 6.07) is 4.58. The highest BCUT2D eigenvalue weighted by atomic mass is 19.4. The molecule has 0 fully saturated rings. The summed E-state index contributed by atoms with van der Waals surface area (Å²) >= 11 is 0. The summed E-state index contributed by atoms with van der Waals surface area (Å²) in [5, 5.41) is 0. The molecule has 0 spiro atoms. The van der Waals surface area contributed by atoms with Crippen molar-refractivity contribution in [1.29, 1.82) is 0 Å². The highest BCUT2D eigenvalue weighted by Gasteiger charge is 2.29. The van der Waals surface area contributed by atoms with Crippen LogP contribution >= 0.6 is 0 Å². The number of alkyl halides is 3. The number of benzene rings is 1. The van der Waals surface area contributed by atoms with E-state index in [-0.39, 0.29) is 24.7 Å². The summed E-state index contributed by atoms with van der Waals surface area (Å²) in [5.41, 5.74) is -0.152.